The zero-order valence-corrected chi connectivity index (χ0v) is 15.1. The largest absolute Gasteiger partial charge is 0.367 e. The Balaban J connectivity index is 1.68. The molecular formula is C21H25N3O2. The van der Waals surface area contributed by atoms with Gasteiger partial charge in [0.25, 0.3) is 5.91 Å². The number of nitrogens with one attached hydrogen (secondary N) is 2. The maximum atomic E-state index is 12.5. The van der Waals surface area contributed by atoms with Gasteiger partial charge in [0.15, 0.2) is 5.78 Å². The number of carbonyl (C=O) groups is 2. The Morgan fingerprint density at radius 1 is 1.00 bits per heavy atom. The van der Waals surface area contributed by atoms with Gasteiger partial charge in [-0.3, -0.25) is 9.59 Å². The maximum absolute atomic E-state index is 12.5. The first-order chi connectivity index (χ1) is 12.6. The number of hydrogen-bond acceptors (Lipinski definition) is 4. The third-order valence-electron chi connectivity index (χ3n) is 4.76. The van der Waals surface area contributed by atoms with Gasteiger partial charge in [0, 0.05) is 29.1 Å². The second-order valence-electron chi connectivity index (χ2n) is 6.85. The standard InChI is InChI=1S/C21H25N3O2/c1-15(25)16-7-6-10-19(13-16)24-21(26)17-11-12-22-20(14-17)23-18-8-4-2-3-5-9-18/h6-7,10-14,18H,2-5,8-9H2,1H3,(H,22,23)(H,24,26). The number of pyridine rings is 1. The van der Waals surface area contributed by atoms with Crippen molar-refractivity contribution in [2.75, 3.05) is 10.6 Å². The van der Waals surface area contributed by atoms with Crippen molar-refractivity contribution >= 4 is 23.2 Å². The topological polar surface area (TPSA) is 71.1 Å². The number of ketones is 1. The van der Waals surface area contributed by atoms with Gasteiger partial charge in [-0.2, -0.15) is 0 Å². The Morgan fingerprint density at radius 2 is 1.77 bits per heavy atom. The third-order valence-corrected chi connectivity index (χ3v) is 4.76. The first kappa shape index (κ1) is 18.1. The number of carbonyl (C=O) groups excluding carboxylic acids is 2. The van der Waals surface area contributed by atoms with E-state index in [1.165, 1.54) is 32.6 Å². The minimum absolute atomic E-state index is 0.0279. The van der Waals surface area contributed by atoms with E-state index in [1.807, 2.05) is 0 Å². The molecule has 2 N–H and O–H groups in total. The minimum Gasteiger partial charge on any atom is -0.367 e. The fourth-order valence-electron chi connectivity index (χ4n) is 3.30. The van der Waals surface area contributed by atoms with Crippen molar-refractivity contribution in [1.29, 1.82) is 0 Å². The lowest BCUT2D eigenvalue weighted by atomic mass is 10.1. The van der Waals surface area contributed by atoms with Crippen LogP contribution < -0.4 is 10.6 Å². The Bertz CT molecular complexity index is 780. The molecule has 3 rings (SSSR count). The molecule has 2 aromatic rings. The molecule has 0 bridgehead atoms. The molecule has 1 amide bonds. The lowest BCUT2D eigenvalue weighted by molar-refractivity contribution is 0.101. The highest BCUT2D eigenvalue weighted by Crippen LogP contribution is 2.21. The molecule has 0 radical (unpaired) electrons. The van der Waals surface area contributed by atoms with Crippen LogP contribution >= 0.6 is 0 Å². The van der Waals surface area contributed by atoms with Crippen LogP contribution in [-0.4, -0.2) is 22.7 Å². The summed E-state index contributed by atoms with van der Waals surface area (Å²) in [7, 11) is 0. The summed E-state index contributed by atoms with van der Waals surface area (Å²) in [5.74, 6) is 0.499. The van der Waals surface area contributed by atoms with Gasteiger partial charge in [0.2, 0.25) is 0 Å². The van der Waals surface area contributed by atoms with E-state index in [2.05, 4.69) is 15.6 Å². The molecule has 26 heavy (non-hydrogen) atoms. The lowest BCUT2D eigenvalue weighted by Crippen LogP contribution is -2.20. The summed E-state index contributed by atoms with van der Waals surface area (Å²) in [6, 6.07) is 10.9. The number of benzene rings is 1. The van der Waals surface area contributed by atoms with Crippen LogP contribution in [0.1, 0.15) is 66.2 Å². The Hall–Kier alpha value is -2.69. The van der Waals surface area contributed by atoms with Gasteiger partial charge < -0.3 is 10.6 Å². The monoisotopic (exact) mass is 351 g/mol. The van der Waals surface area contributed by atoms with E-state index >= 15 is 0 Å². The minimum atomic E-state index is -0.211. The van der Waals surface area contributed by atoms with E-state index in [0.717, 1.165) is 18.7 Å². The fraction of sp³-hybridized carbons (Fsp3) is 0.381. The average Bonchev–Trinajstić information content (AvgIpc) is 2.91. The summed E-state index contributed by atoms with van der Waals surface area (Å²) in [5, 5.41) is 6.32. The van der Waals surface area contributed by atoms with Gasteiger partial charge in [-0.25, -0.2) is 4.98 Å². The van der Waals surface area contributed by atoms with Gasteiger partial charge in [-0.15, -0.1) is 0 Å². The molecule has 1 aromatic heterocycles. The number of anilines is 2. The van der Waals surface area contributed by atoms with Crippen molar-refractivity contribution in [3.05, 3.63) is 53.7 Å². The summed E-state index contributed by atoms with van der Waals surface area (Å²) < 4.78 is 0. The van der Waals surface area contributed by atoms with E-state index in [4.69, 9.17) is 0 Å². The second kappa shape index (κ2) is 8.61. The quantitative estimate of drug-likeness (QED) is 0.606. The SMILES string of the molecule is CC(=O)c1cccc(NC(=O)c2ccnc(NC3CCCCCC3)c2)c1. The smallest absolute Gasteiger partial charge is 0.255 e. The Labute approximate surface area is 154 Å². The van der Waals surface area contributed by atoms with E-state index in [0.29, 0.717) is 22.9 Å². The van der Waals surface area contributed by atoms with E-state index in [9.17, 15) is 9.59 Å². The van der Waals surface area contributed by atoms with Crippen molar-refractivity contribution in [2.24, 2.45) is 0 Å². The van der Waals surface area contributed by atoms with Crippen LogP contribution in [0.5, 0.6) is 0 Å². The first-order valence-corrected chi connectivity index (χ1v) is 9.27. The van der Waals surface area contributed by atoms with Crippen molar-refractivity contribution in [3.8, 4) is 0 Å². The molecule has 5 heteroatoms. The fourth-order valence-corrected chi connectivity index (χ4v) is 3.30. The van der Waals surface area contributed by atoms with Crippen molar-refractivity contribution in [3.63, 3.8) is 0 Å². The molecule has 0 saturated heterocycles. The molecule has 1 fully saturated rings. The summed E-state index contributed by atoms with van der Waals surface area (Å²) in [5.41, 5.74) is 1.73. The van der Waals surface area contributed by atoms with Gasteiger partial charge >= 0.3 is 0 Å². The molecule has 1 aromatic carbocycles. The number of hydrogen-bond donors (Lipinski definition) is 2. The molecule has 0 unspecified atom stereocenters. The van der Waals surface area contributed by atoms with Crippen molar-refractivity contribution < 1.29 is 9.59 Å². The van der Waals surface area contributed by atoms with Crippen molar-refractivity contribution in [1.82, 2.24) is 4.98 Å². The number of aromatic nitrogens is 1. The van der Waals surface area contributed by atoms with Gasteiger partial charge in [0.05, 0.1) is 0 Å². The molecule has 5 nitrogen and oxygen atoms in total. The zero-order chi connectivity index (χ0) is 18.4. The van der Waals surface area contributed by atoms with Crippen LogP contribution in [0.25, 0.3) is 0 Å². The predicted molar refractivity (Wildman–Crippen MR) is 104 cm³/mol. The van der Waals surface area contributed by atoms with Crippen LogP contribution in [0.2, 0.25) is 0 Å². The highest BCUT2D eigenvalue weighted by atomic mass is 16.1. The first-order valence-electron chi connectivity index (χ1n) is 9.27. The second-order valence-corrected chi connectivity index (χ2v) is 6.85. The van der Waals surface area contributed by atoms with E-state index in [1.54, 1.807) is 42.6 Å². The predicted octanol–water partition coefficient (Wildman–Crippen LogP) is 4.67. The number of nitrogens with zero attached hydrogens (tertiary/aromatic N) is 1. The summed E-state index contributed by atoms with van der Waals surface area (Å²) >= 11 is 0. The van der Waals surface area contributed by atoms with Crippen LogP contribution in [0.4, 0.5) is 11.5 Å². The Morgan fingerprint density at radius 3 is 2.50 bits per heavy atom. The number of amides is 1. The summed E-state index contributed by atoms with van der Waals surface area (Å²) in [6.07, 6.45) is 9.03. The van der Waals surface area contributed by atoms with Crippen molar-refractivity contribution in [2.45, 2.75) is 51.5 Å². The van der Waals surface area contributed by atoms with Crippen LogP contribution in [-0.2, 0) is 0 Å². The molecule has 1 aliphatic rings. The highest BCUT2D eigenvalue weighted by Gasteiger charge is 2.14. The normalized spacial score (nSPS) is 15.1. The van der Waals surface area contributed by atoms with Crippen LogP contribution in [0.3, 0.4) is 0 Å². The van der Waals surface area contributed by atoms with Gasteiger partial charge in [-0.05, 0) is 44.0 Å². The third kappa shape index (κ3) is 4.91. The summed E-state index contributed by atoms with van der Waals surface area (Å²) in [4.78, 5) is 28.4. The van der Waals surface area contributed by atoms with Gasteiger partial charge in [0.1, 0.15) is 5.82 Å². The molecule has 0 atom stereocenters. The number of Topliss-reactive ketones (excluding diaryl/α,β-unsaturated/α-hetero) is 1. The molecule has 0 aliphatic heterocycles. The maximum Gasteiger partial charge on any atom is 0.255 e. The zero-order valence-electron chi connectivity index (χ0n) is 15.1. The van der Waals surface area contributed by atoms with Crippen LogP contribution in [0.15, 0.2) is 42.6 Å². The van der Waals surface area contributed by atoms with Crippen LogP contribution in [0, 0.1) is 0 Å². The Kier molecular flexibility index (Phi) is 6.00. The molecule has 0 spiro atoms. The molecule has 136 valence electrons. The number of rotatable bonds is 5. The molecule has 1 saturated carbocycles. The molecule has 1 heterocycles. The molecular weight excluding hydrogens is 326 g/mol. The molecule has 1 aliphatic carbocycles. The van der Waals surface area contributed by atoms with E-state index in [-0.39, 0.29) is 11.7 Å². The van der Waals surface area contributed by atoms with Gasteiger partial charge in [-0.1, -0.05) is 37.8 Å². The van der Waals surface area contributed by atoms with E-state index < -0.39 is 0 Å². The summed E-state index contributed by atoms with van der Waals surface area (Å²) in [6.45, 7) is 1.51. The highest BCUT2D eigenvalue weighted by molar-refractivity contribution is 6.05. The average molecular weight is 351 g/mol. The lowest BCUT2D eigenvalue weighted by Gasteiger charge is -2.17.